The zero-order chi connectivity index (χ0) is 15.5. The number of carbonyl (C=O) groups is 1. The third kappa shape index (κ3) is 3.39. The van der Waals surface area contributed by atoms with Gasteiger partial charge in [0.1, 0.15) is 0 Å². The Kier molecular flexibility index (Phi) is 4.60. The highest BCUT2D eigenvalue weighted by molar-refractivity contribution is 7.09. The summed E-state index contributed by atoms with van der Waals surface area (Å²) in [5, 5.41) is 5.08. The maximum absolute atomic E-state index is 12.4. The highest BCUT2D eigenvalue weighted by Crippen LogP contribution is 2.21. The van der Waals surface area contributed by atoms with Crippen LogP contribution in [0.25, 0.3) is 0 Å². The first-order valence-corrected chi connectivity index (χ1v) is 8.64. The van der Waals surface area contributed by atoms with Crippen LogP contribution in [-0.4, -0.2) is 23.4 Å². The van der Waals surface area contributed by atoms with Gasteiger partial charge in [-0.2, -0.15) is 0 Å². The summed E-state index contributed by atoms with van der Waals surface area (Å²) in [6.45, 7) is 6.58. The number of hydrogen-bond donors (Lipinski definition) is 1. The van der Waals surface area contributed by atoms with Crippen LogP contribution in [0.2, 0.25) is 0 Å². The number of nitrogens with zero attached hydrogens (tertiary/aromatic N) is 1. The van der Waals surface area contributed by atoms with E-state index in [-0.39, 0.29) is 11.9 Å². The zero-order valence-electron chi connectivity index (χ0n) is 13.1. The quantitative estimate of drug-likeness (QED) is 0.940. The van der Waals surface area contributed by atoms with Crippen LogP contribution in [0.5, 0.6) is 0 Å². The fourth-order valence-corrected chi connectivity index (χ4v) is 3.58. The standard InChI is InChI=1S/C18H22N2OS/c1-13-5-6-16-12-20(8-7-15(16)10-13)14(2)18(21)19-11-17-4-3-9-22-17/h3-6,9-10,14H,7-8,11-12H2,1-2H3,(H,19,21)/t14-/m1/s1. The maximum atomic E-state index is 12.4. The Morgan fingerprint density at radius 1 is 1.36 bits per heavy atom. The molecule has 0 saturated heterocycles. The molecule has 0 bridgehead atoms. The minimum absolute atomic E-state index is 0.0885. The van der Waals surface area contributed by atoms with Gasteiger partial charge in [0.2, 0.25) is 5.91 Å². The van der Waals surface area contributed by atoms with Gasteiger partial charge in [0.15, 0.2) is 0 Å². The second kappa shape index (κ2) is 6.63. The molecule has 1 aromatic heterocycles. The van der Waals surface area contributed by atoms with E-state index in [2.05, 4.69) is 41.4 Å². The molecule has 0 unspecified atom stereocenters. The van der Waals surface area contributed by atoms with Crippen LogP contribution in [0.4, 0.5) is 0 Å². The van der Waals surface area contributed by atoms with Gasteiger partial charge in [-0.1, -0.05) is 29.8 Å². The van der Waals surface area contributed by atoms with Crippen LogP contribution in [0, 0.1) is 6.92 Å². The molecule has 1 atom stereocenters. The predicted octanol–water partition coefficient (Wildman–Crippen LogP) is 3.12. The Morgan fingerprint density at radius 3 is 3.00 bits per heavy atom. The molecule has 1 aromatic carbocycles. The third-order valence-electron chi connectivity index (χ3n) is 4.35. The lowest BCUT2D eigenvalue weighted by Gasteiger charge is -2.33. The molecule has 0 saturated carbocycles. The van der Waals surface area contributed by atoms with Crippen molar-refractivity contribution in [2.45, 2.75) is 39.4 Å². The molecule has 22 heavy (non-hydrogen) atoms. The van der Waals surface area contributed by atoms with Crippen LogP contribution in [0.3, 0.4) is 0 Å². The lowest BCUT2D eigenvalue weighted by atomic mass is 9.96. The van der Waals surface area contributed by atoms with Crippen molar-refractivity contribution in [2.24, 2.45) is 0 Å². The van der Waals surface area contributed by atoms with E-state index in [4.69, 9.17) is 0 Å². The van der Waals surface area contributed by atoms with E-state index in [0.29, 0.717) is 6.54 Å². The van der Waals surface area contributed by atoms with Crippen molar-refractivity contribution in [3.8, 4) is 0 Å². The van der Waals surface area contributed by atoms with Gasteiger partial charge < -0.3 is 5.32 Å². The minimum Gasteiger partial charge on any atom is -0.350 e. The second-order valence-corrected chi connectivity index (χ2v) is 7.00. The molecule has 0 spiro atoms. The first-order chi connectivity index (χ1) is 10.6. The molecule has 4 heteroatoms. The molecule has 1 aliphatic rings. The van der Waals surface area contributed by atoms with Crippen molar-refractivity contribution in [2.75, 3.05) is 6.54 Å². The average molecular weight is 314 g/mol. The maximum Gasteiger partial charge on any atom is 0.237 e. The SMILES string of the molecule is Cc1ccc2c(c1)CCN([C@H](C)C(=O)NCc1cccs1)C2. The number of carbonyl (C=O) groups excluding carboxylic acids is 1. The van der Waals surface area contributed by atoms with Crippen molar-refractivity contribution < 1.29 is 4.79 Å². The van der Waals surface area contributed by atoms with Gasteiger partial charge in [0.25, 0.3) is 0 Å². The Balaban J connectivity index is 1.59. The molecule has 116 valence electrons. The summed E-state index contributed by atoms with van der Waals surface area (Å²) < 4.78 is 0. The molecule has 0 fully saturated rings. The van der Waals surface area contributed by atoms with Gasteiger partial charge in [-0.15, -0.1) is 11.3 Å². The van der Waals surface area contributed by atoms with Crippen molar-refractivity contribution in [1.82, 2.24) is 10.2 Å². The van der Waals surface area contributed by atoms with E-state index in [9.17, 15) is 4.79 Å². The van der Waals surface area contributed by atoms with Gasteiger partial charge in [-0.3, -0.25) is 9.69 Å². The second-order valence-electron chi connectivity index (χ2n) is 5.97. The molecule has 0 aliphatic carbocycles. The zero-order valence-corrected chi connectivity index (χ0v) is 14.0. The summed E-state index contributed by atoms with van der Waals surface area (Å²) in [5.41, 5.74) is 4.10. The van der Waals surface area contributed by atoms with Crippen LogP contribution < -0.4 is 5.32 Å². The monoisotopic (exact) mass is 314 g/mol. The molecule has 3 rings (SSSR count). The number of thiophene rings is 1. The molecule has 2 aromatic rings. The number of nitrogens with one attached hydrogen (secondary N) is 1. The van der Waals surface area contributed by atoms with Crippen molar-refractivity contribution in [3.05, 3.63) is 57.3 Å². The van der Waals surface area contributed by atoms with E-state index >= 15 is 0 Å². The Labute approximate surface area is 136 Å². The summed E-state index contributed by atoms with van der Waals surface area (Å²) in [6, 6.07) is 10.6. The molecular weight excluding hydrogens is 292 g/mol. The molecule has 3 nitrogen and oxygen atoms in total. The van der Waals surface area contributed by atoms with Gasteiger partial charge in [-0.25, -0.2) is 0 Å². The average Bonchev–Trinajstić information content (AvgIpc) is 3.04. The fourth-order valence-electron chi connectivity index (χ4n) is 2.94. The summed E-state index contributed by atoms with van der Waals surface area (Å²) in [7, 11) is 0. The number of aryl methyl sites for hydroxylation is 1. The fraction of sp³-hybridized carbons (Fsp3) is 0.389. The highest BCUT2D eigenvalue weighted by atomic mass is 32.1. The van der Waals surface area contributed by atoms with E-state index in [1.165, 1.54) is 21.6 Å². The Hall–Kier alpha value is -1.65. The normalized spacial score (nSPS) is 16.1. The van der Waals surface area contributed by atoms with Gasteiger partial charge >= 0.3 is 0 Å². The van der Waals surface area contributed by atoms with Crippen molar-refractivity contribution in [1.29, 1.82) is 0 Å². The number of amides is 1. The topological polar surface area (TPSA) is 32.3 Å². The smallest absolute Gasteiger partial charge is 0.237 e. The first-order valence-electron chi connectivity index (χ1n) is 7.76. The van der Waals surface area contributed by atoms with Crippen LogP contribution in [0.1, 0.15) is 28.5 Å². The van der Waals surface area contributed by atoms with Gasteiger partial charge in [0, 0.05) is 18.0 Å². The van der Waals surface area contributed by atoms with Gasteiger partial charge in [0.05, 0.1) is 12.6 Å². The van der Waals surface area contributed by atoms with Crippen LogP contribution in [-0.2, 0) is 24.3 Å². The molecular formula is C18H22N2OS. The Morgan fingerprint density at radius 2 is 2.23 bits per heavy atom. The third-order valence-corrected chi connectivity index (χ3v) is 5.22. The number of rotatable bonds is 4. The molecule has 1 N–H and O–H groups in total. The van der Waals surface area contributed by atoms with E-state index in [1.54, 1.807) is 11.3 Å². The molecule has 2 heterocycles. The largest absolute Gasteiger partial charge is 0.350 e. The minimum atomic E-state index is -0.0885. The molecule has 1 amide bonds. The highest BCUT2D eigenvalue weighted by Gasteiger charge is 2.25. The van der Waals surface area contributed by atoms with E-state index in [0.717, 1.165) is 19.5 Å². The van der Waals surface area contributed by atoms with E-state index in [1.807, 2.05) is 18.4 Å². The summed E-state index contributed by atoms with van der Waals surface area (Å²) in [4.78, 5) is 15.8. The summed E-state index contributed by atoms with van der Waals surface area (Å²) in [6.07, 6.45) is 1.03. The van der Waals surface area contributed by atoms with Crippen molar-refractivity contribution in [3.63, 3.8) is 0 Å². The number of fused-ring (bicyclic) bond motifs is 1. The molecule has 1 aliphatic heterocycles. The number of benzene rings is 1. The van der Waals surface area contributed by atoms with E-state index < -0.39 is 0 Å². The first kappa shape index (κ1) is 15.3. The van der Waals surface area contributed by atoms with Crippen LogP contribution >= 0.6 is 11.3 Å². The van der Waals surface area contributed by atoms with Crippen LogP contribution in [0.15, 0.2) is 35.7 Å². The Bertz CT molecular complexity index is 651. The van der Waals surface area contributed by atoms with Crippen molar-refractivity contribution >= 4 is 17.2 Å². The predicted molar refractivity (Wildman–Crippen MR) is 90.9 cm³/mol. The molecule has 0 radical (unpaired) electrons. The number of hydrogen-bond acceptors (Lipinski definition) is 3. The summed E-state index contributed by atoms with van der Waals surface area (Å²) in [5.74, 6) is 0.115. The lowest BCUT2D eigenvalue weighted by Crippen LogP contribution is -2.46. The lowest BCUT2D eigenvalue weighted by molar-refractivity contribution is -0.126. The summed E-state index contributed by atoms with van der Waals surface area (Å²) >= 11 is 1.68. The van der Waals surface area contributed by atoms with Gasteiger partial charge in [-0.05, 0) is 42.8 Å².